The van der Waals surface area contributed by atoms with Gasteiger partial charge in [0, 0.05) is 17.8 Å². The topological polar surface area (TPSA) is 20.3 Å². The molecule has 0 aliphatic carbocycles. The molecule has 0 saturated heterocycles. The highest BCUT2D eigenvalue weighted by atomic mass is 16.2. The fourth-order valence-electron chi connectivity index (χ4n) is 2.14. The van der Waals surface area contributed by atoms with Crippen molar-refractivity contribution in [2.24, 2.45) is 0 Å². The molecule has 0 aliphatic rings. The standard InChI is InChI=1S/C17H19NO/c1-4-18(16-8-6-5-7-14(16)3)17(19)15-11-9-13(2)10-12-15/h5-12H,4H2,1-3H3. The highest BCUT2D eigenvalue weighted by Crippen LogP contribution is 2.21. The lowest BCUT2D eigenvalue weighted by atomic mass is 10.1. The molecular formula is C17H19NO. The van der Waals surface area contributed by atoms with Crippen molar-refractivity contribution in [2.45, 2.75) is 20.8 Å². The van der Waals surface area contributed by atoms with E-state index >= 15 is 0 Å². The second kappa shape index (κ2) is 5.70. The summed E-state index contributed by atoms with van der Waals surface area (Å²) < 4.78 is 0. The molecule has 0 atom stereocenters. The zero-order chi connectivity index (χ0) is 13.8. The van der Waals surface area contributed by atoms with Gasteiger partial charge >= 0.3 is 0 Å². The van der Waals surface area contributed by atoms with Crippen molar-refractivity contribution >= 4 is 11.6 Å². The molecule has 0 unspecified atom stereocenters. The minimum Gasteiger partial charge on any atom is -0.308 e. The van der Waals surface area contributed by atoms with Crippen LogP contribution in [0, 0.1) is 13.8 Å². The Morgan fingerprint density at radius 1 is 1.00 bits per heavy atom. The van der Waals surface area contributed by atoms with Gasteiger partial charge in [-0.2, -0.15) is 0 Å². The van der Waals surface area contributed by atoms with Crippen LogP contribution in [-0.2, 0) is 0 Å². The molecule has 0 aliphatic heterocycles. The van der Waals surface area contributed by atoms with Crippen molar-refractivity contribution in [3.63, 3.8) is 0 Å². The molecule has 1 amide bonds. The molecule has 2 heteroatoms. The quantitative estimate of drug-likeness (QED) is 0.810. The van der Waals surface area contributed by atoms with Gasteiger partial charge in [0.1, 0.15) is 0 Å². The minimum atomic E-state index is 0.0526. The second-order valence-electron chi connectivity index (χ2n) is 4.70. The van der Waals surface area contributed by atoms with Gasteiger partial charge in [-0.15, -0.1) is 0 Å². The van der Waals surface area contributed by atoms with E-state index in [-0.39, 0.29) is 5.91 Å². The van der Waals surface area contributed by atoms with E-state index < -0.39 is 0 Å². The Balaban J connectivity index is 2.35. The zero-order valence-corrected chi connectivity index (χ0v) is 11.7. The number of hydrogen-bond donors (Lipinski definition) is 0. The summed E-state index contributed by atoms with van der Waals surface area (Å²) in [6.45, 7) is 6.71. The van der Waals surface area contributed by atoms with E-state index in [1.807, 2.05) is 74.2 Å². The van der Waals surface area contributed by atoms with Crippen molar-refractivity contribution in [2.75, 3.05) is 11.4 Å². The molecule has 19 heavy (non-hydrogen) atoms. The Morgan fingerprint density at radius 2 is 1.63 bits per heavy atom. The number of anilines is 1. The zero-order valence-electron chi connectivity index (χ0n) is 11.7. The highest BCUT2D eigenvalue weighted by Gasteiger charge is 2.16. The molecule has 0 N–H and O–H groups in total. The van der Waals surface area contributed by atoms with Gasteiger partial charge in [-0.1, -0.05) is 35.9 Å². The van der Waals surface area contributed by atoms with Crippen LogP contribution in [0.5, 0.6) is 0 Å². The Labute approximate surface area is 114 Å². The number of benzene rings is 2. The smallest absolute Gasteiger partial charge is 0.258 e. The Bertz CT molecular complexity index is 572. The highest BCUT2D eigenvalue weighted by molar-refractivity contribution is 6.06. The summed E-state index contributed by atoms with van der Waals surface area (Å²) in [7, 11) is 0. The summed E-state index contributed by atoms with van der Waals surface area (Å²) >= 11 is 0. The SMILES string of the molecule is CCN(C(=O)c1ccc(C)cc1)c1ccccc1C. The van der Waals surface area contributed by atoms with Gasteiger partial charge in [0.25, 0.3) is 5.91 Å². The first-order valence-electron chi connectivity index (χ1n) is 6.57. The van der Waals surface area contributed by atoms with Crippen LogP contribution < -0.4 is 4.90 Å². The van der Waals surface area contributed by atoms with Crippen molar-refractivity contribution in [3.8, 4) is 0 Å². The summed E-state index contributed by atoms with van der Waals surface area (Å²) in [5.74, 6) is 0.0526. The Morgan fingerprint density at radius 3 is 2.21 bits per heavy atom. The maximum Gasteiger partial charge on any atom is 0.258 e. The number of para-hydroxylation sites is 1. The average Bonchev–Trinajstić information content (AvgIpc) is 2.42. The average molecular weight is 253 g/mol. The predicted molar refractivity (Wildman–Crippen MR) is 79.7 cm³/mol. The molecule has 0 saturated carbocycles. The van der Waals surface area contributed by atoms with Crippen LogP contribution in [0.4, 0.5) is 5.69 Å². The minimum absolute atomic E-state index is 0.0526. The van der Waals surface area contributed by atoms with Crippen molar-refractivity contribution < 1.29 is 4.79 Å². The number of nitrogens with zero attached hydrogens (tertiary/aromatic N) is 1. The largest absolute Gasteiger partial charge is 0.308 e. The van der Waals surface area contributed by atoms with E-state index in [1.54, 1.807) is 0 Å². The van der Waals surface area contributed by atoms with E-state index in [4.69, 9.17) is 0 Å². The Hall–Kier alpha value is -2.09. The first-order valence-corrected chi connectivity index (χ1v) is 6.57. The van der Waals surface area contributed by atoms with E-state index in [0.29, 0.717) is 6.54 Å². The number of hydrogen-bond acceptors (Lipinski definition) is 1. The van der Waals surface area contributed by atoms with Gasteiger partial charge in [0.2, 0.25) is 0 Å². The molecule has 98 valence electrons. The summed E-state index contributed by atoms with van der Waals surface area (Å²) in [4.78, 5) is 14.4. The van der Waals surface area contributed by atoms with Gasteiger partial charge in [0.05, 0.1) is 0 Å². The lowest BCUT2D eigenvalue weighted by Gasteiger charge is -2.23. The summed E-state index contributed by atoms with van der Waals surface area (Å²) in [6.07, 6.45) is 0. The third-order valence-corrected chi connectivity index (χ3v) is 3.27. The molecule has 2 nitrogen and oxygen atoms in total. The maximum absolute atomic E-state index is 12.6. The summed E-state index contributed by atoms with van der Waals surface area (Å²) in [5.41, 5.74) is 3.99. The monoisotopic (exact) mass is 253 g/mol. The molecule has 2 aromatic rings. The lowest BCUT2D eigenvalue weighted by molar-refractivity contribution is 0.0988. The number of carbonyl (C=O) groups is 1. The Kier molecular flexibility index (Phi) is 4.00. The number of carbonyl (C=O) groups excluding carboxylic acids is 1. The summed E-state index contributed by atoms with van der Waals surface area (Å²) in [6, 6.07) is 15.7. The second-order valence-corrected chi connectivity index (χ2v) is 4.70. The van der Waals surface area contributed by atoms with Gasteiger partial charge in [-0.3, -0.25) is 4.79 Å². The number of amides is 1. The lowest BCUT2D eigenvalue weighted by Crippen LogP contribution is -2.31. The third kappa shape index (κ3) is 2.84. The summed E-state index contributed by atoms with van der Waals surface area (Å²) in [5, 5.41) is 0. The van der Waals surface area contributed by atoms with Crippen LogP contribution in [-0.4, -0.2) is 12.5 Å². The molecule has 0 radical (unpaired) electrons. The fourth-order valence-corrected chi connectivity index (χ4v) is 2.14. The van der Waals surface area contributed by atoms with Gasteiger partial charge in [0.15, 0.2) is 0 Å². The fraction of sp³-hybridized carbons (Fsp3) is 0.235. The molecule has 0 spiro atoms. The molecule has 2 rings (SSSR count). The van der Waals surface area contributed by atoms with Gasteiger partial charge < -0.3 is 4.90 Å². The molecular weight excluding hydrogens is 234 g/mol. The van der Waals surface area contributed by atoms with Crippen LogP contribution in [0.1, 0.15) is 28.4 Å². The predicted octanol–water partition coefficient (Wildman–Crippen LogP) is 3.97. The van der Waals surface area contributed by atoms with E-state index in [9.17, 15) is 4.79 Å². The van der Waals surface area contributed by atoms with E-state index in [0.717, 1.165) is 22.4 Å². The van der Waals surface area contributed by atoms with Crippen molar-refractivity contribution in [3.05, 3.63) is 65.2 Å². The first-order chi connectivity index (χ1) is 9.13. The maximum atomic E-state index is 12.6. The van der Waals surface area contributed by atoms with Gasteiger partial charge in [-0.05, 0) is 44.5 Å². The normalized spacial score (nSPS) is 10.3. The molecule has 2 aromatic carbocycles. The van der Waals surface area contributed by atoms with Crippen LogP contribution in [0.15, 0.2) is 48.5 Å². The van der Waals surface area contributed by atoms with Gasteiger partial charge in [-0.25, -0.2) is 0 Å². The number of rotatable bonds is 3. The number of aryl methyl sites for hydroxylation is 2. The van der Waals surface area contributed by atoms with Crippen LogP contribution in [0.3, 0.4) is 0 Å². The van der Waals surface area contributed by atoms with E-state index in [1.165, 1.54) is 0 Å². The van der Waals surface area contributed by atoms with Crippen molar-refractivity contribution in [1.82, 2.24) is 0 Å². The van der Waals surface area contributed by atoms with E-state index in [2.05, 4.69) is 0 Å². The van der Waals surface area contributed by atoms with Crippen LogP contribution >= 0.6 is 0 Å². The van der Waals surface area contributed by atoms with Crippen LogP contribution in [0.25, 0.3) is 0 Å². The first kappa shape index (κ1) is 13.3. The molecule has 0 fully saturated rings. The third-order valence-electron chi connectivity index (χ3n) is 3.27. The molecule has 0 aromatic heterocycles. The molecule has 0 heterocycles. The van der Waals surface area contributed by atoms with Crippen molar-refractivity contribution in [1.29, 1.82) is 0 Å². The van der Waals surface area contributed by atoms with Crippen LogP contribution in [0.2, 0.25) is 0 Å². The molecule has 0 bridgehead atoms.